The quantitative estimate of drug-likeness (QED) is 0.655. The van der Waals surface area contributed by atoms with Crippen LogP contribution in [-0.4, -0.2) is 0 Å². The van der Waals surface area contributed by atoms with E-state index < -0.39 is 15.5 Å². The summed E-state index contributed by atoms with van der Waals surface area (Å²) >= 11 is -3.29. The van der Waals surface area contributed by atoms with Gasteiger partial charge in [-0.15, -0.1) is 0 Å². The molecule has 69 valence electrons. The molecule has 0 aliphatic heterocycles. The molecule has 0 amide bonds. The third-order valence-corrected chi connectivity index (χ3v) is 1.16. The summed E-state index contributed by atoms with van der Waals surface area (Å²) in [6.45, 7) is 3.77. The van der Waals surface area contributed by atoms with Crippen molar-refractivity contribution >= 4 is 34.1 Å². The molecule has 0 saturated heterocycles. The first-order valence-electron chi connectivity index (χ1n) is 3.33. The van der Waals surface area contributed by atoms with Gasteiger partial charge in [-0.25, -0.2) is 0 Å². The van der Waals surface area contributed by atoms with Gasteiger partial charge in [0.15, 0.2) is 0 Å². The summed E-state index contributed by atoms with van der Waals surface area (Å²) in [6.07, 6.45) is 9.44. The van der Waals surface area contributed by atoms with E-state index in [-0.39, 0.29) is 0 Å². The molecule has 0 unspecified atom stereocenters. The molecule has 1 radical (unpaired) electrons. The standard InChI is InChI=1S/C7H9.4ClH.Zr/c1-2-7-5-3-4-6-7;;;;;/h3-7H,1-2H2;4*1H;/q;;;;;+4/p-4. The van der Waals surface area contributed by atoms with Crippen molar-refractivity contribution in [2.24, 2.45) is 5.92 Å². The number of rotatable bonds is 1. The summed E-state index contributed by atoms with van der Waals surface area (Å²) in [4.78, 5) is 0. The first kappa shape index (κ1) is 13.5. The monoisotopic (exact) mass is 323 g/mol. The molecule has 0 atom stereocenters. The Morgan fingerprint density at radius 2 is 1.42 bits per heavy atom. The maximum atomic E-state index is 5.04. The zero-order chi connectivity index (χ0) is 9.61. The molecule has 0 aromatic carbocycles. The molecule has 0 saturated carbocycles. The second kappa shape index (κ2) is 6.90. The van der Waals surface area contributed by atoms with Crippen LogP contribution in [0.2, 0.25) is 0 Å². The number of halogens is 4. The van der Waals surface area contributed by atoms with E-state index in [0.717, 1.165) is 6.42 Å². The molecule has 0 aromatic heterocycles. The Kier molecular flexibility index (Phi) is 7.78. The SMILES string of the molecule is [CH2]CC1C=CC=C1.[Cl][Zr]([Cl])([Cl])[Cl]. The van der Waals surface area contributed by atoms with Crippen LogP contribution >= 0.6 is 34.1 Å². The van der Waals surface area contributed by atoms with Crippen LogP contribution in [0.3, 0.4) is 0 Å². The Labute approximate surface area is 92.1 Å². The molecule has 0 spiro atoms. The van der Waals surface area contributed by atoms with E-state index in [1.54, 1.807) is 0 Å². The van der Waals surface area contributed by atoms with Gasteiger partial charge in [0.2, 0.25) is 0 Å². The fourth-order valence-electron chi connectivity index (χ4n) is 0.670. The predicted molar refractivity (Wildman–Crippen MR) is 55.2 cm³/mol. The Bertz CT molecular complexity index is 153. The maximum absolute atomic E-state index is 5.04. The van der Waals surface area contributed by atoms with Crippen LogP contribution < -0.4 is 0 Å². The van der Waals surface area contributed by atoms with E-state index >= 15 is 0 Å². The minimum atomic E-state index is -3.29. The minimum absolute atomic E-state index is 0.625. The van der Waals surface area contributed by atoms with Crippen LogP contribution in [-0.2, 0) is 15.5 Å². The molecule has 12 heavy (non-hydrogen) atoms. The van der Waals surface area contributed by atoms with Crippen LogP contribution in [0.4, 0.5) is 0 Å². The van der Waals surface area contributed by atoms with Crippen molar-refractivity contribution < 1.29 is 15.5 Å². The van der Waals surface area contributed by atoms with Crippen LogP contribution in [0.25, 0.3) is 0 Å². The van der Waals surface area contributed by atoms with Crippen molar-refractivity contribution in [3.8, 4) is 0 Å². The van der Waals surface area contributed by atoms with Crippen molar-refractivity contribution in [3.05, 3.63) is 31.2 Å². The Hall–Kier alpha value is 1.52. The van der Waals surface area contributed by atoms with E-state index in [0.29, 0.717) is 5.92 Å². The molecule has 1 aliphatic rings. The predicted octanol–water partition coefficient (Wildman–Crippen LogP) is 4.71. The fourth-order valence-corrected chi connectivity index (χ4v) is 0.670. The Morgan fingerprint density at radius 3 is 1.58 bits per heavy atom. The number of hydrogen-bond acceptors (Lipinski definition) is 0. The van der Waals surface area contributed by atoms with Gasteiger partial charge in [0, 0.05) is 0 Å². The van der Waals surface area contributed by atoms with Gasteiger partial charge in [0.25, 0.3) is 0 Å². The van der Waals surface area contributed by atoms with Crippen molar-refractivity contribution in [1.29, 1.82) is 0 Å². The van der Waals surface area contributed by atoms with Gasteiger partial charge in [-0.05, 0) is 12.3 Å². The van der Waals surface area contributed by atoms with E-state index in [1.807, 2.05) is 0 Å². The Balaban J connectivity index is 0.000000217. The molecule has 0 heterocycles. The molecule has 5 heteroatoms. The van der Waals surface area contributed by atoms with Crippen LogP contribution in [0.5, 0.6) is 0 Å². The summed E-state index contributed by atoms with van der Waals surface area (Å²) < 4.78 is 0. The average molecular weight is 326 g/mol. The van der Waals surface area contributed by atoms with E-state index in [2.05, 4.69) is 31.2 Å². The second-order valence-electron chi connectivity index (χ2n) is 2.15. The third-order valence-electron chi connectivity index (χ3n) is 1.16. The molecular formula is C7H9Cl4Zr. The van der Waals surface area contributed by atoms with Gasteiger partial charge in [-0.3, -0.25) is 0 Å². The van der Waals surface area contributed by atoms with Crippen molar-refractivity contribution in [3.63, 3.8) is 0 Å². The van der Waals surface area contributed by atoms with Crippen LogP contribution in [0.1, 0.15) is 6.42 Å². The summed E-state index contributed by atoms with van der Waals surface area (Å²) in [6, 6.07) is 0. The summed E-state index contributed by atoms with van der Waals surface area (Å²) in [7, 11) is 20.1. The van der Waals surface area contributed by atoms with E-state index in [1.165, 1.54) is 0 Å². The van der Waals surface area contributed by atoms with Crippen LogP contribution in [0.15, 0.2) is 24.3 Å². The average Bonchev–Trinajstić information content (AvgIpc) is 2.33. The van der Waals surface area contributed by atoms with Crippen molar-refractivity contribution in [2.45, 2.75) is 6.42 Å². The summed E-state index contributed by atoms with van der Waals surface area (Å²) in [5.74, 6) is 0.625. The van der Waals surface area contributed by atoms with Gasteiger partial charge in [-0.1, -0.05) is 31.2 Å². The molecule has 1 rings (SSSR count). The van der Waals surface area contributed by atoms with Gasteiger partial charge in [0.05, 0.1) is 0 Å². The van der Waals surface area contributed by atoms with Gasteiger partial charge in [0.1, 0.15) is 0 Å². The van der Waals surface area contributed by atoms with Crippen LogP contribution in [0, 0.1) is 12.8 Å². The molecule has 1 aliphatic carbocycles. The second-order valence-corrected chi connectivity index (χ2v) is 24.5. The molecule has 0 fully saturated rings. The molecule has 0 aromatic rings. The fraction of sp³-hybridized carbons (Fsp3) is 0.286. The zero-order valence-electron chi connectivity index (χ0n) is 6.31. The Morgan fingerprint density at radius 1 is 1.08 bits per heavy atom. The number of hydrogen-bond donors (Lipinski definition) is 0. The van der Waals surface area contributed by atoms with Gasteiger partial charge in [-0.2, -0.15) is 0 Å². The first-order valence-corrected chi connectivity index (χ1v) is 16.0. The zero-order valence-corrected chi connectivity index (χ0v) is 11.8. The van der Waals surface area contributed by atoms with Crippen molar-refractivity contribution in [2.75, 3.05) is 0 Å². The molecule has 0 nitrogen and oxygen atoms in total. The topological polar surface area (TPSA) is 0 Å². The summed E-state index contributed by atoms with van der Waals surface area (Å²) in [5, 5.41) is 0. The molecule has 0 bridgehead atoms. The third kappa shape index (κ3) is 11.5. The molecular weight excluding hydrogens is 317 g/mol. The molecule has 0 N–H and O–H groups in total. The van der Waals surface area contributed by atoms with Crippen molar-refractivity contribution in [1.82, 2.24) is 0 Å². The van der Waals surface area contributed by atoms with E-state index in [9.17, 15) is 0 Å². The first-order chi connectivity index (χ1) is 5.43. The van der Waals surface area contributed by atoms with Gasteiger partial charge >= 0.3 is 49.5 Å². The number of allylic oxidation sites excluding steroid dienone is 4. The van der Waals surface area contributed by atoms with E-state index in [4.69, 9.17) is 34.1 Å². The normalized spacial score (nSPS) is 16.1. The summed E-state index contributed by atoms with van der Waals surface area (Å²) in [5.41, 5.74) is 0. The van der Waals surface area contributed by atoms with Gasteiger partial charge < -0.3 is 0 Å².